The van der Waals surface area contributed by atoms with E-state index in [4.69, 9.17) is 8.83 Å². The summed E-state index contributed by atoms with van der Waals surface area (Å²) in [7, 11) is -1.52. The van der Waals surface area contributed by atoms with E-state index in [-0.39, 0.29) is 0 Å². The van der Waals surface area contributed by atoms with Crippen LogP contribution in [0.5, 0.6) is 0 Å². The topological polar surface area (TPSA) is 70.0 Å². The predicted octanol–water partition coefficient (Wildman–Crippen LogP) is 6.64. The number of rotatable bonds is 4. The minimum atomic E-state index is -1.52. The van der Waals surface area contributed by atoms with Crippen LogP contribution in [0.3, 0.4) is 0 Å². The van der Waals surface area contributed by atoms with Crippen molar-refractivity contribution in [3.8, 4) is 0 Å². The van der Waals surface area contributed by atoms with E-state index in [0.717, 1.165) is 60.9 Å². The summed E-state index contributed by atoms with van der Waals surface area (Å²) in [6, 6.07) is 35.6. The van der Waals surface area contributed by atoms with Crippen LogP contribution < -0.4 is 10.4 Å². The zero-order valence-electron chi connectivity index (χ0n) is 19.1. The van der Waals surface area contributed by atoms with Gasteiger partial charge in [-0.1, -0.05) is 48.5 Å². The molecule has 5 aromatic carbocycles. The molecule has 2 aromatic heterocycles. The molecule has 0 spiro atoms. The van der Waals surface area contributed by atoms with Gasteiger partial charge < -0.3 is 23.8 Å². The maximum atomic E-state index is 9.58. The number of nitrogens with zero attached hydrogens (tertiary/aromatic N) is 1. The molecule has 0 unspecified atom stereocenters. The molecule has 172 valence electrons. The minimum Gasteiger partial charge on any atom is -0.456 e. The van der Waals surface area contributed by atoms with E-state index in [0.29, 0.717) is 5.46 Å². The van der Waals surface area contributed by atoms with Crippen molar-refractivity contribution in [2.75, 3.05) is 4.90 Å². The average Bonchev–Trinajstić information content (AvgIpc) is 3.46. The van der Waals surface area contributed by atoms with Crippen LogP contribution in [0.15, 0.2) is 118 Å². The number of benzene rings is 5. The van der Waals surface area contributed by atoms with Crippen LogP contribution in [0, 0.1) is 0 Å². The molecular formula is C30H20BNO4. The third-order valence-corrected chi connectivity index (χ3v) is 6.69. The van der Waals surface area contributed by atoms with Gasteiger partial charge in [0, 0.05) is 50.7 Å². The third kappa shape index (κ3) is 3.27. The Hall–Kier alpha value is -4.52. The van der Waals surface area contributed by atoms with Crippen LogP contribution in [0.4, 0.5) is 17.1 Å². The molecule has 2 heterocycles. The zero-order chi connectivity index (χ0) is 24.2. The maximum Gasteiger partial charge on any atom is 0.488 e. The van der Waals surface area contributed by atoms with Gasteiger partial charge in [-0.25, -0.2) is 0 Å². The summed E-state index contributed by atoms with van der Waals surface area (Å²) in [5.74, 6) is 0. The fraction of sp³-hybridized carbons (Fsp3) is 0. The van der Waals surface area contributed by atoms with E-state index < -0.39 is 7.12 Å². The summed E-state index contributed by atoms with van der Waals surface area (Å²) >= 11 is 0. The lowest BCUT2D eigenvalue weighted by Crippen LogP contribution is -2.29. The Kier molecular flexibility index (Phi) is 4.64. The van der Waals surface area contributed by atoms with Crippen molar-refractivity contribution in [1.82, 2.24) is 0 Å². The lowest BCUT2D eigenvalue weighted by Gasteiger charge is -2.25. The summed E-state index contributed by atoms with van der Waals surface area (Å²) in [4.78, 5) is 2.10. The molecule has 0 atom stereocenters. The van der Waals surface area contributed by atoms with Crippen molar-refractivity contribution in [2.24, 2.45) is 0 Å². The SMILES string of the molecule is OB(O)c1ccc(N(c2ccc3c(c2)oc2ccccc23)c2ccc3c(c2)oc2ccccc23)cc1. The van der Waals surface area contributed by atoms with Gasteiger partial charge in [0.1, 0.15) is 22.3 Å². The molecule has 0 aliphatic carbocycles. The molecule has 5 nitrogen and oxygen atoms in total. The van der Waals surface area contributed by atoms with Crippen molar-refractivity contribution in [3.63, 3.8) is 0 Å². The van der Waals surface area contributed by atoms with E-state index in [9.17, 15) is 10.0 Å². The van der Waals surface area contributed by atoms with E-state index in [1.807, 2.05) is 60.7 Å². The maximum absolute atomic E-state index is 9.58. The van der Waals surface area contributed by atoms with Gasteiger partial charge in [0.2, 0.25) is 0 Å². The smallest absolute Gasteiger partial charge is 0.456 e. The fourth-order valence-electron chi connectivity index (χ4n) is 4.95. The Labute approximate surface area is 206 Å². The van der Waals surface area contributed by atoms with Gasteiger partial charge in [-0.2, -0.15) is 0 Å². The molecule has 2 N–H and O–H groups in total. The summed E-state index contributed by atoms with van der Waals surface area (Å²) in [6.07, 6.45) is 0. The third-order valence-electron chi connectivity index (χ3n) is 6.69. The second kappa shape index (κ2) is 8.02. The van der Waals surface area contributed by atoms with E-state index >= 15 is 0 Å². The Bertz CT molecular complexity index is 1770. The van der Waals surface area contributed by atoms with Crippen molar-refractivity contribution < 1.29 is 18.9 Å². The van der Waals surface area contributed by atoms with Crippen LogP contribution in [0.1, 0.15) is 0 Å². The fourth-order valence-corrected chi connectivity index (χ4v) is 4.95. The number of hydrogen-bond acceptors (Lipinski definition) is 5. The molecule has 0 bridgehead atoms. The van der Waals surface area contributed by atoms with Crippen LogP contribution in [-0.4, -0.2) is 17.2 Å². The van der Waals surface area contributed by atoms with Gasteiger partial charge in [0.05, 0.1) is 0 Å². The standard InChI is InChI=1S/C30H20BNO4/c33-31(34)19-9-11-20(12-10-19)32(21-13-15-25-23-5-1-3-7-27(23)35-29(25)17-21)22-14-16-26-24-6-2-4-8-28(24)36-30(26)18-22/h1-18,33-34H. The van der Waals surface area contributed by atoms with Gasteiger partial charge in [-0.3, -0.25) is 0 Å². The Balaban J connectivity index is 1.43. The molecule has 0 aliphatic heterocycles. The van der Waals surface area contributed by atoms with Gasteiger partial charge in [-0.15, -0.1) is 0 Å². The van der Waals surface area contributed by atoms with Crippen molar-refractivity contribution in [3.05, 3.63) is 109 Å². The summed E-state index contributed by atoms with van der Waals surface area (Å²) in [5, 5.41) is 23.4. The zero-order valence-corrected chi connectivity index (χ0v) is 19.1. The summed E-state index contributed by atoms with van der Waals surface area (Å²) in [6.45, 7) is 0. The molecule has 0 saturated carbocycles. The van der Waals surface area contributed by atoms with E-state index in [1.165, 1.54) is 0 Å². The van der Waals surface area contributed by atoms with Crippen LogP contribution in [0.25, 0.3) is 43.9 Å². The van der Waals surface area contributed by atoms with Gasteiger partial charge >= 0.3 is 7.12 Å². The molecule has 0 fully saturated rings. The number of para-hydroxylation sites is 2. The highest BCUT2D eigenvalue weighted by atomic mass is 16.4. The molecule has 7 aromatic rings. The molecule has 7 rings (SSSR count). The highest BCUT2D eigenvalue weighted by Gasteiger charge is 2.18. The largest absolute Gasteiger partial charge is 0.488 e. The minimum absolute atomic E-state index is 0.430. The monoisotopic (exact) mass is 469 g/mol. The molecule has 0 aliphatic rings. The number of anilines is 3. The van der Waals surface area contributed by atoms with Crippen LogP contribution in [-0.2, 0) is 0 Å². The van der Waals surface area contributed by atoms with Crippen LogP contribution >= 0.6 is 0 Å². The lowest BCUT2D eigenvalue weighted by atomic mass is 9.80. The van der Waals surface area contributed by atoms with E-state index in [1.54, 1.807) is 12.1 Å². The highest BCUT2D eigenvalue weighted by Crippen LogP contribution is 2.40. The quantitative estimate of drug-likeness (QED) is 0.283. The second-order valence-corrected chi connectivity index (χ2v) is 8.86. The van der Waals surface area contributed by atoms with Gasteiger partial charge in [0.25, 0.3) is 0 Å². The van der Waals surface area contributed by atoms with Crippen molar-refractivity contribution in [2.45, 2.75) is 0 Å². The first kappa shape index (κ1) is 20.8. The van der Waals surface area contributed by atoms with Crippen LogP contribution in [0.2, 0.25) is 0 Å². The Morgan fingerprint density at radius 1 is 0.472 bits per heavy atom. The first-order chi connectivity index (χ1) is 17.7. The van der Waals surface area contributed by atoms with E-state index in [2.05, 4.69) is 41.3 Å². The summed E-state index contributed by atoms with van der Waals surface area (Å²) < 4.78 is 12.3. The van der Waals surface area contributed by atoms with Crippen molar-refractivity contribution >= 4 is 73.5 Å². The first-order valence-corrected chi connectivity index (χ1v) is 11.7. The normalized spacial score (nSPS) is 11.6. The first-order valence-electron chi connectivity index (χ1n) is 11.7. The molecular weight excluding hydrogens is 449 g/mol. The number of fused-ring (bicyclic) bond motifs is 6. The molecule has 0 radical (unpaired) electrons. The molecule has 6 heteroatoms. The molecule has 36 heavy (non-hydrogen) atoms. The number of hydrogen-bond donors (Lipinski definition) is 2. The van der Waals surface area contributed by atoms with Gasteiger partial charge in [0.15, 0.2) is 0 Å². The second-order valence-electron chi connectivity index (χ2n) is 8.86. The Morgan fingerprint density at radius 3 is 1.42 bits per heavy atom. The van der Waals surface area contributed by atoms with Gasteiger partial charge in [-0.05, 0) is 54.0 Å². The average molecular weight is 469 g/mol. The Morgan fingerprint density at radius 2 is 0.917 bits per heavy atom. The molecule has 0 saturated heterocycles. The number of furan rings is 2. The summed E-state index contributed by atoms with van der Waals surface area (Å²) in [5.41, 5.74) is 6.41. The predicted molar refractivity (Wildman–Crippen MR) is 146 cm³/mol. The highest BCUT2D eigenvalue weighted by molar-refractivity contribution is 6.58. The molecule has 0 amide bonds. The lowest BCUT2D eigenvalue weighted by molar-refractivity contribution is 0.426. The van der Waals surface area contributed by atoms with Crippen molar-refractivity contribution in [1.29, 1.82) is 0 Å².